The van der Waals surface area contributed by atoms with Gasteiger partial charge in [-0.3, -0.25) is 9.98 Å². The van der Waals surface area contributed by atoms with Crippen molar-refractivity contribution in [3.8, 4) is 33.6 Å². The number of aliphatic imine (C=N–C) groups is 1. The van der Waals surface area contributed by atoms with E-state index in [1.807, 2.05) is 24.5 Å². The summed E-state index contributed by atoms with van der Waals surface area (Å²) in [6, 6.07) is 65.2. The van der Waals surface area contributed by atoms with Gasteiger partial charge < -0.3 is 19.8 Å². The number of nitrogens with zero attached hydrogens (tertiary/aromatic N) is 5. The summed E-state index contributed by atoms with van der Waals surface area (Å²) in [5.74, 6) is 0. The van der Waals surface area contributed by atoms with Crippen molar-refractivity contribution in [1.29, 1.82) is 0 Å². The van der Waals surface area contributed by atoms with E-state index in [0.29, 0.717) is 6.54 Å². The first-order chi connectivity index (χ1) is 29.2. The second kappa shape index (κ2) is 15.5. The highest BCUT2D eigenvalue weighted by molar-refractivity contribution is 6.19. The molecule has 0 unspecified atom stereocenters. The van der Waals surface area contributed by atoms with Crippen molar-refractivity contribution >= 4 is 56.0 Å². The summed E-state index contributed by atoms with van der Waals surface area (Å²) in [5, 5.41) is 3.67. The minimum absolute atomic E-state index is 0.583. The van der Waals surface area contributed by atoms with Gasteiger partial charge in [-0.15, -0.1) is 0 Å². The lowest BCUT2D eigenvalue weighted by atomic mass is 10.0. The van der Waals surface area contributed by atoms with Crippen molar-refractivity contribution in [2.45, 2.75) is 6.54 Å². The summed E-state index contributed by atoms with van der Waals surface area (Å²) < 4.78 is 4.70. The van der Waals surface area contributed by atoms with Gasteiger partial charge in [0.25, 0.3) is 0 Å². The maximum absolute atomic E-state index is 5.47. The molecule has 0 bridgehead atoms. The third kappa shape index (κ3) is 6.73. The SMILES string of the molecule is N/C=C\C=NCc1ccc(N(c2ccc(-c3ccncc3)cc2)c2ccc(-c3ccc4c(c3)c3ccc5c(ccn5-c5ccccc5)c3n4-c3ccccc3)cc2)cc1. The Labute approximate surface area is 343 Å². The first kappa shape index (κ1) is 35.5. The van der Waals surface area contributed by atoms with Gasteiger partial charge in [-0.05, 0) is 137 Å². The van der Waals surface area contributed by atoms with Crippen molar-refractivity contribution in [2.75, 3.05) is 4.90 Å². The molecular formula is C53H40N6. The van der Waals surface area contributed by atoms with E-state index in [-0.39, 0.29) is 0 Å². The summed E-state index contributed by atoms with van der Waals surface area (Å²) in [4.78, 5) is 11.0. The molecule has 3 heterocycles. The Morgan fingerprint density at radius 2 is 1.10 bits per heavy atom. The van der Waals surface area contributed by atoms with Crippen LogP contribution >= 0.6 is 0 Å². The molecule has 0 saturated heterocycles. The zero-order chi connectivity index (χ0) is 39.5. The molecule has 10 aromatic rings. The van der Waals surface area contributed by atoms with Crippen molar-refractivity contribution in [3.05, 3.63) is 218 Å². The first-order valence-electron chi connectivity index (χ1n) is 19.8. The molecule has 282 valence electrons. The van der Waals surface area contributed by atoms with E-state index in [1.54, 1.807) is 12.3 Å². The summed E-state index contributed by atoms with van der Waals surface area (Å²) >= 11 is 0. The Morgan fingerprint density at radius 1 is 0.525 bits per heavy atom. The molecule has 6 nitrogen and oxygen atoms in total. The van der Waals surface area contributed by atoms with Crippen LogP contribution in [0.5, 0.6) is 0 Å². The highest BCUT2D eigenvalue weighted by Gasteiger charge is 2.19. The number of anilines is 3. The van der Waals surface area contributed by atoms with Gasteiger partial charge >= 0.3 is 0 Å². The molecule has 59 heavy (non-hydrogen) atoms. The van der Waals surface area contributed by atoms with E-state index in [1.165, 1.54) is 44.5 Å². The van der Waals surface area contributed by atoms with Crippen LogP contribution in [-0.2, 0) is 6.54 Å². The van der Waals surface area contributed by atoms with Gasteiger partial charge in [0.15, 0.2) is 0 Å². The summed E-state index contributed by atoms with van der Waals surface area (Å²) in [5.41, 5.74) is 20.2. The van der Waals surface area contributed by atoms with Gasteiger partial charge in [0.1, 0.15) is 0 Å². The average Bonchev–Trinajstić information content (AvgIpc) is 3.89. The third-order valence-corrected chi connectivity index (χ3v) is 11.0. The molecule has 7 aromatic carbocycles. The average molecular weight is 761 g/mol. The largest absolute Gasteiger partial charge is 0.405 e. The van der Waals surface area contributed by atoms with Gasteiger partial charge in [0.2, 0.25) is 0 Å². The van der Waals surface area contributed by atoms with E-state index in [0.717, 1.165) is 50.7 Å². The first-order valence-corrected chi connectivity index (χ1v) is 19.8. The fraction of sp³-hybridized carbons (Fsp3) is 0.0189. The summed E-state index contributed by atoms with van der Waals surface area (Å²) in [6.07, 6.45) is 10.8. The highest BCUT2D eigenvalue weighted by atomic mass is 15.1. The second-order valence-electron chi connectivity index (χ2n) is 14.5. The van der Waals surface area contributed by atoms with Gasteiger partial charge in [-0.2, -0.15) is 0 Å². The molecule has 0 fully saturated rings. The molecule has 0 amide bonds. The molecule has 6 heteroatoms. The molecule has 0 spiro atoms. The second-order valence-corrected chi connectivity index (χ2v) is 14.5. The molecule has 0 atom stereocenters. The minimum atomic E-state index is 0.583. The molecule has 0 aliphatic rings. The normalized spacial score (nSPS) is 11.7. The van der Waals surface area contributed by atoms with Gasteiger partial charge in [0.05, 0.1) is 23.1 Å². The predicted molar refractivity (Wildman–Crippen MR) is 246 cm³/mol. The predicted octanol–water partition coefficient (Wildman–Crippen LogP) is 13.0. The number of aromatic nitrogens is 3. The van der Waals surface area contributed by atoms with E-state index >= 15 is 0 Å². The summed E-state index contributed by atoms with van der Waals surface area (Å²) in [7, 11) is 0. The standard InChI is InChI=1S/C53H40N6/c54-31-7-32-56-37-38-12-19-45(20-13-38)58(46-21-14-39(15-22-46)41-28-33-55-34-29-41)47-23-16-40(17-24-47)42-18-26-52-50(36-42)48-25-27-51-49(30-35-57(51)43-8-3-1-4-9-43)53(48)59(52)44-10-5-2-6-11-44/h1-36H,37,54H2/b31-7-,56-32?. The van der Waals surface area contributed by atoms with Crippen LogP contribution in [0.1, 0.15) is 5.56 Å². The van der Waals surface area contributed by atoms with E-state index in [4.69, 9.17) is 5.73 Å². The molecule has 0 aliphatic heterocycles. The lowest BCUT2D eigenvalue weighted by molar-refractivity contribution is 1.08. The number of nitrogens with two attached hydrogens (primary N) is 1. The van der Waals surface area contributed by atoms with Gasteiger partial charge in [-0.1, -0.05) is 84.9 Å². The van der Waals surface area contributed by atoms with Crippen LogP contribution in [0.15, 0.2) is 218 Å². The molecule has 0 radical (unpaired) electrons. The van der Waals surface area contributed by atoms with Crippen molar-refractivity contribution < 1.29 is 0 Å². The maximum Gasteiger partial charge on any atom is 0.0639 e. The Hall–Kier alpha value is -7.96. The fourth-order valence-electron chi connectivity index (χ4n) is 8.18. The summed E-state index contributed by atoms with van der Waals surface area (Å²) in [6.45, 7) is 0.583. The van der Waals surface area contributed by atoms with Gasteiger partial charge in [-0.25, -0.2) is 0 Å². The lowest BCUT2D eigenvalue weighted by Gasteiger charge is -2.26. The van der Waals surface area contributed by atoms with Crippen molar-refractivity contribution in [1.82, 2.24) is 14.1 Å². The highest BCUT2D eigenvalue weighted by Crippen LogP contribution is 2.41. The Bertz CT molecular complexity index is 3090. The molecule has 3 aromatic heterocycles. The Balaban J connectivity index is 1.05. The van der Waals surface area contributed by atoms with Gasteiger partial charge in [0, 0.05) is 69.4 Å². The van der Waals surface area contributed by atoms with E-state index in [2.05, 4.69) is 200 Å². The minimum Gasteiger partial charge on any atom is -0.405 e. The number of allylic oxidation sites excluding steroid dienone is 1. The van der Waals surface area contributed by atoms with Crippen molar-refractivity contribution in [2.24, 2.45) is 10.7 Å². The zero-order valence-corrected chi connectivity index (χ0v) is 32.3. The number of hydrogen-bond donors (Lipinski definition) is 1. The van der Waals surface area contributed by atoms with Crippen LogP contribution in [0.25, 0.3) is 66.3 Å². The van der Waals surface area contributed by atoms with E-state index in [9.17, 15) is 0 Å². The quantitative estimate of drug-likeness (QED) is 0.141. The fourth-order valence-corrected chi connectivity index (χ4v) is 8.18. The van der Waals surface area contributed by atoms with Crippen LogP contribution < -0.4 is 10.6 Å². The number of rotatable bonds is 10. The maximum atomic E-state index is 5.47. The van der Waals surface area contributed by atoms with Crippen LogP contribution in [-0.4, -0.2) is 20.3 Å². The molecular weight excluding hydrogens is 721 g/mol. The van der Waals surface area contributed by atoms with Crippen LogP contribution in [0, 0.1) is 0 Å². The Kier molecular flexibility index (Phi) is 9.33. The monoisotopic (exact) mass is 760 g/mol. The number of fused-ring (bicyclic) bond motifs is 5. The zero-order valence-electron chi connectivity index (χ0n) is 32.3. The number of benzene rings is 7. The number of hydrogen-bond acceptors (Lipinski definition) is 4. The third-order valence-electron chi connectivity index (χ3n) is 11.0. The van der Waals surface area contributed by atoms with Crippen LogP contribution in [0.2, 0.25) is 0 Å². The van der Waals surface area contributed by atoms with Crippen LogP contribution in [0.4, 0.5) is 17.1 Å². The lowest BCUT2D eigenvalue weighted by Crippen LogP contribution is -2.10. The van der Waals surface area contributed by atoms with E-state index < -0.39 is 0 Å². The number of pyridine rings is 1. The topological polar surface area (TPSA) is 64.4 Å². The number of para-hydroxylation sites is 2. The van der Waals surface area contributed by atoms with Crippen molar-refractivity contribution in [3.63, 3.8) is 0 Å². The Morgan fingerprint density at radius 3 is 1.76 bits per heavy atom. The molecule has 0 aliphatic carbocycles. The molecule has 0 saturated carbocycles. The van der Waals surface area contributed by atoms with Crippen LogP contribution in [0.3, 0.4) is 0 Å². The molecule has 2 N–H and O–H groups in total. The smallest absolute Gasteiger partial charge is 0.0639 e. The molecule has 10 rings (SSSR count).